The van der Waals surface area contributed by atoms with E-state index >= 15 is 0 Å². The van der Waals surface area contributed by atoms with Crippen molar-refractivity contribution in [3.05, 3.63) is 65.7 Å². The Balaban J connectivity index is 1.72. The van der Waals surface area contributed by atoms with Crippen LogP contribution in [-0.4, -0.2) is 19.3 Å². The number of alkyl halides is 3. The van der Waals surface area contributed by atoms with Crippen molar-refractivity contribution in [1.29, 1.82) is 0 Å². The molecule has 6 heteroatoms. The van der Waals surface area contributed by atoms with Gasteiger partial charge in [0.05, 0.1) is 6.54 Å². The Hall–Kier alpha value is -2.37. The molecule has 120 valence electrons. The maximum absolute atomic E-state index is 12.2. The summed E-state index contributed by atoms with van der Waals surface area (Å²) in [5, 5.41) is 8.42. The smallest absolute Gasteiger partial charge is 0.422 e. The fourth-order valence-corrected chi connectivity index (χ4v) is 2.62. The zero-order chi connectivity index (χ0) is 16.3. The van der Waals surface area contributed by atoms with E-state index in [1.54, 1.807) is 12.1 Å². The highest BCUT2D eigenvalue weighted by Gasteiger charge is 2.30. The van der Waals surface area contributed by atoms with Crippen LogP contribution >= 0.6 is 0 Å². The monoisotopic (exact) mass is 320 g/mol. The fourth-order valence-electron chi connectivity index (χ4n) is 2.62. The van der Waals surface area contributed by atoms with Gasteiger partial charge in [0.15, 0.2) is 6.61 Å². The van der Waals surface area contributed by atoms with Gasteiger partial charge in [0.1, 0.15) is 11.8 Å². The largest absolute Gasteiger partial charge is 0.484 e. The normalized spacial score (nSPS) is 20.7. The second kappa shape index (κ2) is 6.40. The van der Waals surface area contributed by atoms with Crippen molar-refractivity contribution in [2.24, 2.45) is 10.2 Å². The van der Waals surface area contributed by atoms with Crippen LogP contribution in [0.1, 0.15) is 23.1 Å². The molecule has 2 aromatic carbocycles. The molecule has 2 atom stereocenters. The molecule has 1 heterocycles. The van der Waals surface area contributed by atoms with E-state index in [1.807, 2.05) is 30.3 Å². The lowest BCUT2D eigenvalue weighted by molar-refractivity contribution is -0.153. The number of ether oxygens (including phenoxy) is 1. The molecule has 0 radical (unpaired) electrons. The van der Waals surface area contributed by atoms with Crippen LogP contribution in [0.5, 0.6) is 5.75 Å². The Morgan fingerprint density at radius 3 is 2.30 bits per heavy atom. The van der Waals surface area contributed by atoms with Crippen molar-refractivity contribution < 1.29 is 17.9 Å². The van der Waals surface area contributed by atoms with Gasteiger partial charge in [-0.2, -0.15) is 23.4 Å². The molecular weight excluding hydrogens is 305 g/mol. The van der Waals surface area contributed by atoms with Gasteiger partial charge in [-0.3, -0.25) is 0 Å². The molecule has 0 bridgehead atoms. The quantitative estimate of drug-likeness (QED) is 0.787. The summed E-state index contributed by atoms with van der Waals surface area (Å²) in [6, 6.07) is 16.4. The molecule has 3 rings (SSSR count). The van der Waals surface area contributed by atoms with Crippen molar-refractivity contribution in [1.82, 2.24) is 0 Å². The van der Waals surface area contributed by atoms with Crippen LogP contribution < -0.4 is 4.74 Å². The first-order valence-corrected chi connectivity index (χ1v) is 7.24. The lowest BCUT2D eigenvalue weighted by Crippen LogP contribution is -2.19. The Labute approximate surface area is 131 Å². The van der Waals surface area contributed by atoms with Gasteiger partial charge in [-0.25, -0.2) is 0 Å². The van der Waals surface area contributed by atoms with Crippen LogP contribution in [-0.2, 0) is 0 Å². The van der Waals surface area contributed by atoms with Gasteiger partial charge in [0.2, 0.25) is 0 Å². The van der Waals surface area contributed by atoms with E-state index in [9.17, 15) is 13.2 Å². The van der Waals surface area contributed by atoms with Gasteiger partial charge in [-0.1, -0.05) is 42.5 Å². The molecule has 23 heavy (non-hydrogen) atoms. The molecular formula is C17H15F3N2O. The summed E-state index contributed by atoms with van der Waals surface area (Å²) >= 11 is 0. The van der Waals surface area contributed by atoms with Crippen molar-refractivity contribution >= 4 is 0 Å². The average molecular weight is 320 g/mol. The maximum atomic E-state index is 12.2. The lowest BCUT2D eigenvalue weighted by Gasteiger charge is -2.17. The Morgan fingerprint density at radius 1 is 0.957 bits per heavy atom. The highest BCUT2D eigenvalue weighted by Crippen LogP contribution is 2.39. The lowest BCUT2D eigenvalue weighted by atomic mass is 9.88. The van der Waals surface area contributed by atoms with Gasteiger partial charge in [0, 0.05) is 5.92 Å². The van der Waals surface area contributed by atoms with E-state index in [2.05, 4.69) is 10.2 Å². The van der Waals surface area contributed by atoms with Gasteiger partial charge in [0.25, 0.3) is 0 Å². The summed E-state index contributed by atoms with van der Waals surface area (Å²) in [7, 11) is 0. The van der Waals surface area contributed by atoms with E-state index in [0.29, 0.717) is 6.54 Å². The van der Waals surface area contributed by atoms with E-state index in [1.165, 1.54) is 12.1 Å². The minimum absolute atomic E-state index is 0.117. The Kier molecular flexibility index (Phi) is 4.32. The first-order chi connectivity index (χ1) is 11.0. The molecule has 0 spiro atoms. The molecule has 1 aliphatic heterocycles. The summed E-state index contributed by atoms with van der Waals surface area (Å²) in [6.07, 6.45) is -4.34. The minimum Gasteiger partial charge on any atom is -0.484 e. The van der Waals surface area contributed by atoms with Crippen LogP contribution in [0.3, 0.4) is 0 Å². The third kappa shape index (κ3) is 3.88. The topological polar surface area (TPSA) is 34.0 Å². The van der Waals surface area contributed by atoms with E-state index in [-0.39, 0.29) is 17.7 Å². The third-order valence-corrected chi connectivity index (χ3v) is 3.72. The molecule has 0 N–H and O–H groups in total. The van der Waals surface area contributed by atoms with Crippen LogP contribution in [0.25, 0.3) is 0 Å². The molecule has 1 aliphatic rings. The number of halogens is 3. The van der Waals surface area contributed by atoms with Gasteiger partial charge in [-0.05, 0) is 23.3 Å². The summed E-state index contributed by atoms with van der Waals surface area (Å²) in [5.41, 5.74) is 2.07. The SMILES string of the molecule is FC(F)(F)COc1ccc(C2N=NCC2c2ccccc2)cc1. The van der Waals surface area contributed by atoms with Crippen molar-refractivity contribution in [2.45, 2.75) is 18.1 Å². The zero-order valence-corrected chi connectivity index (χ0v) is 12.2. The summed E-state index contributed by atoms with van der Waals surface area (Å²) in [4.78, 5) is 0. The third-order valence-electron chi connectivity index (χ3n) is 3.72. The van der Waals surface area contributed by atoms with E-state index in [0.717, 1.165) is 11.1 Å². The molecule has 0 amide bonds. The molecule has 0 saturated carbocycles. The number of rotatable bonds is 4. The molecule has 2 unspecified atom stereocenters. The molecule has 2 aromatic rings. The molecule has 0 aliphatic carbocycles. The second-order valence-corrected chi connectivity index (χ2v) is 5.37. The highest BCUT2D eigenvalue weighted by molar-refractivity contribution is 5.33. The summed E-state index contributed by atoms with van der Waals surface area (Å²) in [5.74, 6) is 0.343. The number of benzene rings is 2. The number of nitrogens with zero attached hydrogens (tertiary/aromatic N) is 2. The van der Waals surface area contributed by atoms with Crippen molar-refractivity contribution in [2.75, 3.05) is 13.2 Å². The highest BCUT2D eigenvalue weighted by atomic mass is 19.4. The van der Waals surface area contributed by atoms with Crippen LogP contribution in [0.4, 0.5) is 13.2 Å². The average Bonchev–Trinajstić information content (AvgIpc) is 3.03. The van der Waals surface area contributed by atoms with Gasteiger partial charge in [-0.15, -0.1) is 0 Å². The Bertz CT molecular complexity index is 668. The number of hydrogen-bond donors (Lipinski definition) is 0. The minimum atomic E-state index is -4.34. The number of azo groups is 1. The van der Waals surface area contributed by atoms with Crippen LogP contribution in [0.15, 0.2) is 64.8 Å². The second-order valence-electron chi connectivity index (χ2n) is 5.37. The van der Waals surface area contributed by atoms with Gasteiger partial charge >= 0.3 is 6.18 Å². The molecule has 3 nitrogen and oxygen atoms in total. The standard InChI is InChI=1S/C17H15F3N2O/c18-17(19,20)11-23-14-8-6-13(7-9-14)16-15(10-21-22-16)12-4-2-1-3-5-12/h1-9,15-16H,10-11H2. The predicted octanol–water partition coefficient (Wildman–Crippen LogP) is 4.92. The van der Waals surface area contributed by atoms with E-state index < -0.39 is 12.8 Å². The van der Waals surface area contributed by atoms with Crippen LogP contribution in [0.2, 0.25) is 0 Å². The zero-order valence-electron chi connectivity index (χ0n) is 12.2. The fraction of sp³-hybridized carbons (Fsp3) is 0.294. The summed E-state index contributed by atoms with van der Waals surface area (Å²) < 4.78 is 41.2. The molecule has 0 saturated heterocycles. The molecule has 0 aromatic heterocycles. The Morgan fingerprint density at radius 2 is 1.65 bits per heavy atom. The predicted molar refractivity (Wildman–Crippen MR) is 79.6 cm³/mol. The molecule has 0 fully saturated rings. The van der Waals surface area contributed by atoms with Gasteiger partial charge < -0.3 is 4.74 Å². The van der Waals surface area contributed by atoms with E-state index in [4.69, 9.17) is 4.74 Å². The van der Waals surface area contributed by atoms with Crippen molar-refractivity contribution in [3.8, 4) is 5.75 Å². The maximum Gasteiger partial charge on any atom is 0.422 e. The first kappa shape index (κ1) is 15.5. The van der Waals surface area contributed by atoms with Crippen molar-refractivity contribution in [3.63, 3.8) is 0 Å². The number of hydrogen-bond acceptors (Lipinski definition) is 3. The summed E-state index contributed by atoms with van der Waals surface area (Å²) in [6.45, 7) is -0.677. The van der Waals surface area contributed by atoms with Crippen LogP contribution in [0, 0.1) is 0 Å². The first-order valence-electron chi connectivity index (χ1n) is 7.24.